The Balaban J connectivity index is 0.000000150. The van der Waals surface area contributed by atoms with Gasteiger partial charge in [0, 0.05) is 37.9 Å². The Hall–Kier alpha value is -4.88. The van der Waals surface area contributed by atoms with Crippen LogP contribution in [0.2, 0.25) is 0 Å². The van der Waals surface area contributed by atoms with Gasteiger partial charge >= 0.3 is 0 Å². The molecular formula is C38H25IrN3O-2. The predicted molar refractivity (Wildman–Crippen MR) is 167 cm³/mol. The van der Waals surface area contributed by atoms with Gasteiger partial charge in [0.2, 0.25) is 0 Å². The maximum atomic E-state index is 9.22. The number of hydrogen-bond acceptors (Lipinski definition) is 4. The number of furan rings is 1. The normalized spacial score (nSPS) is 12.4. The second kappa shape index (κ2) is 11.4. The average Bonchev–Trinajstić information content (AvgIpc) is 3.55. The third-order valence-electron chi connectivity index (χ3n) is 7.96. The molecule has 0 saturated heterocycles. The molecule has 0 amide bonds. The van der Waals surface area contributed by atoms with E-state index >= 15 is 0 Å². The van der Waals surface area contributed by atoms with E-state index in [1.807, 2.05) is 66.9 Å². The molecule has 0 fully saturated rings. The first-order valence-corrected chi connectivity index (χ1v) is 13.8. The largest absolute Gasteiger partial charge is 0.499 e. The van der Waals surface area contributed by atoms with Crippen LogP contribution in [0.4, 0.5) is 0 Å². The van der Waals surface area contributed by atoms with E-state index in [0.29, 0.717) is 16.7 Å². The minimum atomic E-state index is 0. The van der Waals surface area contributed by atoms with Crippen LogP contribution in [-0.2, 0) is 25.5 Å². The summed E-state index contributed by atoms with van der Waals surface area (Å²) >= 11 is 0. The summed E-state index contributed by atoms with van der Waals surface area (Å²) in [5.41, 5.74) is 11.0. The standard InChI is InChI=1S/C20H16N.C18H9N2O.Ir/c1-20(2)17-8-4-3-7-15(17)16-13-14(10-11-18(16)20)19-9-5-6-12-21-19;19-11-12-5-3-6-13-14-7-4-8-15(18(14)21-17(12)13)16-9-1-2-10-20-16;/h3-9,11-13H,1-2H3;1-7,9-10H;/q2*-1;. The Morgan fingerprint density at radius 2 is 1.44 bits per heavy atom. The van der Waals surface area contributed by atoms with Crippen LogP contribution in [0.5, 0.6) is 0 Å². The number of benzene rings is 4. The van der Waals surface area contributed by atoms with Crippen LogP contribution < -0.4 is 0 Å². The number of nitrogens with zero attached hydrogens (tertiary/aromatic N) is 3. The maximum absolute atomic E-state index is 9.22. The second-order valence-corrected chi connectivity index (χ2v) is 10.8. The maximum Gasteiger partial charge on any atom is 0.138 e. The van der Waals surface area contributed by atoms with E-state index < -0.39 is 0 Å². The molecular weight excluding hydrogens is 707 g/mol. The molecule has 43 heavy (non-hydrogen) atoms. The van der Waals surface area contributed by atoms with E-state index in [2.05, 4.69) is 78.4 Å². The smallest absolute Gasteiger partial charge is 0.138 e. The van der Waals surface area contributed by atoms with E-state index in [1.54, 1.807) is 12.3 Å². The fraction of sp³-hybridized carbons (Fsp3) is 0.0789. The van der Waals surface area contributed by atoms with Crippen molar-refractivity contribution < 1.29 is 24.5 Å². The van der Waals surface area contributed by atoms with Crippen LogP contribution in [0.15, 0.2) is 120 Å². The fourth-order valence-electron chi connectivity index (χ4n) is 5.86. The fourth-order valence-corrected chi connectivity index (χ4v) is 5.86. The molecule has 0 spiro atoms. The molecule has 0 saturated carbocycles. The molecule has 8 rings (SSSR count). The number of rotatable bonds is 2. The molecule has 0 unspecified atom stereocenters. The molecule has 3 aromatic heterocycles. The monoisotopic (exact) mass is 732 g/mol. The van der Waals surface area contributed by atoms with Gasteiger partial charge in [-0.2, -0.15) is 5.26 Å². The van der Waals surface area contributed by atoms with Crippen LogP contribution in [0.3, 0.4) is 0 Å². The number of para-hydroxylation sites is 1. The van der Waals surface area contributed by atoms with Crippen LogP contribution in [0, 0.1) is 23.5 Å². The van der Waals surface area contributed by atoms with E-state index in [0.717, 1.165) is 33.3 Å². The van der Waals surface area contributed by atoms with Gasteiger partial charge < -0.3 is 14.4 Å². The first-order valence-electron chi connectivity index (χ1n) is 13.8. The summed E-state index contributed by atoms with van der Waals surface area (Å²) in [6, 6.07) is 42.9. The molecule has 7 aromatic rings. The first kappa shape index (κ1) is 28.2. The van der Waals surface area contributed by atoms with Crippen molar-refractivity contribution in [2.45, 2.75) is 19.3 Å². The van der Waals surface area contributed by atoms with Crippen LogP contribution >= 0.6 is 0 Å². The summed E-state index contributed by atoms with van der Waals surface area (Å²) in [4.78, 5) is 8.79. The number of hydrogen-bond donors (Lipinski definition) is 0. The zero-order valence-corrected chi connectivity index (χ0v) is 25.9. The predicted octanol–water partition coefficient (Wildman–Crippen LogP) is 9.17. The third-order valence-corrected chi connectivity index (χ3v) is 7.96. The van der Waals surface area contributed by atoms with Gasteiger partial charge in [-0.15, -0.1) is 47.5 Å². The van der Waals surface area contributed by atoms with Gasteiger partial charge in [-0.1, -0.05) is 91.0 Å². The minimum absolute atomic E-state index is 0. The topological polar surface area (TPSA) is 62.7 Å². The molecule has 209 valence electrons. The van der Waals surface area contributed by atoms with Gasteiger partial charge in [0.25, 0.3) is 0 Å². The van der Waals surface area contributed by atoms with Crippen molar-refractivity contribution in [2.75, 3.05) is 0 Å². The van der Waals surface area contributed by atoms with E-state index in [-0.39, 0.29) is 25.5 Å². The van der Waals surface area contributed by atoms with Crippen LogP contribution in [0.1, 0.15) is 30.5 Å². The van der Waals surface area contributed by atoms with Crippen LogP contribution in [0.25, 0.3) is 55.6 Å². The summed E-state index contributed by atoms with van der Waals surface area (Å²) in [7, 11) is 0. The van der Waals surface area contributed by atoms with Crippen molar-refractivity contribution in [1.29, 1.82) is 5.26 Å². The van der Waals surface area contributed by atoms with Gasteiger partial charge in [0.1, 0.15) is 11.7 Å². The van der Waals surface area contributed by atoms with E-state index in [1.165, 1.54) is 22.3 Å². The molecule has 5 heteroatoms. The number of nitriles is 1. The van der Waals surface area contributed by atoms with Crippen molar-refractivity contribution in [1.82, 2.24) is 9.97 Å². The number of pyridine rings is 2. The molecule has 1 aliphatic rings. The first-order chi connectivity index (χ1) is 20.6. The summed E-state index contributed by atoms with van der Waals surface area (Å²) in [6.45, 7) is 4.57. The Labute approximate surface area is 264 Å². The van der Waals surface area contributed by atoms with Gasteiger partial charge in [-0.25, -0.2) is 0 Å². The van der Waals surface area contributed by atoms with Gasteiger partial charge in [0.05, 0.1) is 11.1 Å². The molecule has 3 heterocycles. The quantitative estimate of drug-likeness (QED) is 0.167. The second-order valence-electron chi connectivity index (χ2n) is 10.8. The average molecular weight is 732 g/mol. The summed E-state index contributed by atoms with van der Waals surface area (Å²) in [5, 5.41) is 11.1. The molecule has 0 bridgehead atoms. The number of aromatic nitrogens is 2. The Morgan fingerprint density at radius 3 is 2.19 bits per heavy atom. The van der Waals surface area contributed by atoms with Gasteiger partial charge in [0.15, 0.2) is 0 Å². The molecule has 1 aliphatic carbocycles. The van der Waals surface area contributed by atoms with Crippen molar-refractivity contribution >= 4 is 21.9 Å². The molecule has 1 radical (unpaired) electrons. The number of fused-ring (bicyclic) bond motifs is 6. The Kier molecular flexibility index (Phi) is 7.50. The summed E-state index contributed by atoms with van der Waals surface area (Å²) in [5.74, 6) is 0. The molecule has 0 atom stereocenters. The Bertz CT molecular complexity index is 2130. The van der Waals surface area contributed by atoms with E-state index in [9.17, 15) is 5.26 Å². The van der Waals surface area contributed by atoms with Crippen LogP contribution in [-0.4, -0.2) is 9.97 Å². The summed E-state index contributed by atoms with van der Waals surface area (Å²) < 4.78 is 5.97. The van der Waals surface area contributed by atoms with Gasteiger partial charge in [-0.3, -0.25) is 0 Å². The molecule has 0 N–H and O–H groups in total. The zero-order valence-electron chi connectivity index (χ0n) is 23.6. The molecule has 4 aromatic carbocycles. The van der Waals surface area contributed by atoms with Crippen molar-refractivity contribution in [3.63, 3.8) is 0 Å². The van der Waals surface area contributed by atoms with Gasteiger partial charge in [-0.05, 0) is 46.1 Å². The zero-order chi connectivity index (χ0) is 28.7. The Morgan fingerprint density at radius 1 is 0.721 bits per heavy atom. The summed E-state index contributed by atoms with van der Waals surface area (Å²) in [6.07, 6.45) is 3.57. The molecule has 4 nitrogen and oxygen atoms in total. The van der Waals surface area contributed by atoms with E-state index in [4.69, 9.17) is 4.42 Å². The minimum Gasteiger partial charge on any atom is -0.499 e. The van der Waals surface area contributed by atoms with Crippen molar-refractivity contribution in [3.8, 4) is 39.7 Å². The SMILES string of the molecule is CC1(C)c2c[c-]c(-c3ccccn3)cc2-c2ccccc21.N#Cc1cccc2c1oc1c(-c3ccccn3)[c-]ccc12.[Ir]. The molecule has 0 aliphatic heterocycles. The third kappa shape index (κ3) is 4.85. The van der Waals surface area contributed by atoms with Crippen molar-refractivity contribution in [3.05, 3.63) is 144 Å². The van der Waals surface area contributed by atoms with Crippen molar-refractivity contribution in [2.24, 2.45) is 0 Å².